The molecule has 1 amide bonds. The Balaban J connectivity index is 1.37. The number of morpholine rings is 1. The molecule has 0 N–H and O–H groups in total. The van der Waals surface area contributed by atoms with Gasteiger partial charge in [0, 0.05) is 49.7 Å². The van der Waals surface area contributed by atoms with E-state index in [1.807, 2.05) is 54.3 Å². The molecule has 29 heavy (non-hydrogen) atoms. The minimum Gasteiger partial charge on any atom is -0.497 e. The number of hydrogen-bond donors (Lipinski definition) is 0. The van der Waals surface area contributed by atoms with Gasteiger partial charge in [0.1, 0.15) is 11.9 Å². The lowest BCUT2D eigenvalue weighted by Gasteiger charge is -2.49. The van der Waals surface area contributed by atoms with Gasteiger partial charge >= 0.3 is 0 Å². The van der Waals surface area contributed by atoms with Gasteiger partial charge in [0.15, 0.2) is 0 Å². The van der Waals surface area contributed by atoms with Crippen LogP contribution in [0.15, 0.2) is 48.7 Å². The summed E-state index contributed by atoms with van der Waals surface area (Å²) < 4.78 is 11.6. The van der Waals surface area contributed by atoms with E-state index in [1.54, 1.807) is 13.3 Å². The van der Waals surface area contributed by atoms with Gasteiger partial charge in [0.05, 0.1) is 19.3 Å². The second-order valence-corrected chi connectivity index (χ2v) is 7.98. The molecule has 154 valence electrons. The summed E-state index contributed by atoms with van der Waals surface area (Å²) in [5.41, 5.74) is 1.75. The monoisotopic (exact) mass is 395 g/mol. The molecule has 1 atom stereocenters. The molecule has 2 fully saturated rings. The third kappa shape index (κ3) is 4.43. The van der Waals surface area contributed by atoms with Crippen molar-refractivity contribution in [3.63, 3.8) is 0 Å². The van der Waals surface area contributed by atoms with Crippen molar-refractivity contribution in [3.8, 4) is 5.75 Å². The first-order valence-corrected chi connectivity index (χ1v) is 10.3. The molecule has 2 aliphatic rings. The Morgan fingerprint density at radius 1 is 1.21 bits per heavy atom. The zero-order valence-electron chi connectivity index (χ0n) is 17.2. The maximum absolute atomic E-state index is 12.7. The molecule has 0 saturated carbocycles. The first-order chi connectivity index (χ1) is 14.1. The fraction of sp³-hybridized carbons (Fsp3) is 0.478. The van der Waals surface area contributed by atoms with Gasteiger partial charge in [-0.25, -0.2) is 0 Å². The maximum Gasteiger partial charge on any atom is 0.255 e. The van der Waals surface area contributed by atoms with E-state index in [0.717, 1.165) is 56.0 Å². The average molecular weight is 396 g/mol. The average Bonchev–Trinajstić information content (AvgIpc) is 2.77. The Morgan fingerprint density at radius 3 is 2.69 bits per heavy atom. The third-order valence-corrected chi connectivity index (χ3v) is 6.03. The number of likely N-dealkylation sites (tertiary alicyclic amines) is 1. The number of para-hydroxylation sites is 1. The molecule has 0 radical (unpaired) electrons. The molecule has 3 heterocycles. The van der Waals surface area contributed by atoms with E-state index in [4.69, 9.17) is 9.47 Å². The Bertz CT molecular complexity index is 834. The number of amides is 1. The number of piperidine rings is 1. The Kier molecular flexibility index (Phi) is 5.83. The largest absolute Gasteiger partial charge is 0.497 e. The molecule has 0 bridgehead atoms. The van der Waals surface area contributed by atoms with Crippen LogP contribution in [0.5, 0.6) is 5.75 Å². The lowest BCUT2D eigenvalue weighted by molar-refractivity contribution is -0.161. The molecule has 6 heteroatoms. The molecular weight excluding hydrogens is 366 g/mol. The topological polar surface area (TPSA) is 54.9 Å². The highest BCUT2D eigenvalue weighted by atomic mass is 16.5. The van der Waals surface area contributed by atoms with Crippen LogP contribution in [0.3, 0.4) is 0 Å². The first kappa shape index (κ1) is 19.9. The number of ether oxygens (including phenoxy) is 2. The van der Waals surface area contributed by atoms with Gasteiger partial charge in [0.25, 0.3) is 5.91 Å². The molecule has 4 rings (SSSR count). The quantitative estimate of drug-likeness (QED) is 0.779. The number of aromatic nitrogens is 1. The first-order valence-electron chi connectivity index (χ1n) is 10.3. The van der Waals surface area contributed by atoms with Crippen LogP contribution >= 0.6 is 0 Å². The van der Waals surface area contributed by atoms with Gasteiger partial charge in [-0.3, -0.25) is 9.78 Å². The van der Waals surface area contributed by atoms with Crippen molar-refractivity contribution in [3.05, 3.63) is 54.4 Å². The molecule has 6 nitrogen and oxygen atoms in total. The zero-order valence-corrected chi connectivity index (χ0v) is 17.2. The molecular formula is C23H29N3O3. The maximum atomic E-state index is 12.7. The summed E-state index contributed by atoms with van der Waals surface area (Å²) in [7, 11) is 1.68. The van der Waals surface area contributed by atoms with Crippen LogP contribution in [0.4, 0.5) is 5.69 Å². The van der Waals surface area contributed by atoms with E-state index in [1.165, 1.54) is 0 Å². The lowest BCUT2D eigenvalue weighted by Crippen LogP contribution is -2.61. The van der Waals surface area contributed by atoms with Gasteiger partial charge in [-0.1, -0.05) is 18.2 Å². The number of methoxy groups -OCH3 is 1. The number of pyridine rings is 1. The molecule has 2 aromatic rings. The molecule has 2 aliphatic heterocycles. The smallest absolute Gasteiger partial charge is 0.255 e. The van der Waals surface area contributed by atoms with Crippen molar-refractivity contribution < 1.29 is 14.3 Å². The number of carbonyl (C=O) groups excluding carboxylic acids is 1. The fourth-order valence-corrected chi connectivity index (χ4v) is 4.33. The summed E-state index contributed by atoms with van der Waals surface area (Å²) in [5.74, 6) is 0.899. The third-order valence-electron chi connectivity index (χ3n) is 6.03. The number of nitrogens with zero attached hydrogens (tertiary/aromatic N) is 3. The van der Waals surface area contributed by atoms with Crippen molar-refractivity contribution in [1.29, 1.82) is 0 Å². The number of rotatable bonds is 5. The van der Waals surface area contributed by atoms with Gasteiger partial charge in [-0.05, 0) is 38.0 Å². The number of benzene rings is 1. The molecule has 1 unspecified atom stereocenters. The highest BCUT2D eigenvalue weighted by molar-refractivity contribution is 5.97. The number of carbonyl (C=O) groups is 1. The lowest BCUT2D eigenvalue weighted by atomic mass is 9.88. The van der Waals surface area contributed by atoms with Crippen LogP contribution in [0.25, 0.3) is 0 Å². The highest BCUT2D eigenvalue weighted by Crippen LogP contribution is 2.35. The second-order valence-electron chi connectivity index (χ2n) is 7.98. The van der Waals surface area contributed by atoms with E-state index < -0.39 is 6.10 Å². The van der Waals surface area contributed by atoms with Crippen LogP contribution in [0.2, 0.25) is 0 Å². The predicted octanol–water partition coefficient (Wildman–Crippen LogP) is 2.92. The highest BCUT2D eigenvalue weighted by Gasteiger charge is 2.45. The van der Waals surface area contributed by atoms with Gasteiger partial charge < -0.3 is 19.3 Å². The van der Waals surface area contributed by atoms with Gasteiger partial charge in [-0.2, -0.15) is 0 Å². The van der Waals surface area contributed by atoms with Crippen molar-refractivity contribution in [2.75, 3.05) is 38.2 Å². The molecule has 1 spiro atoms. The van der Waals surface area contributed by atoms with Crippen LogP contribution in [0, 0.1) is 0 Å². The van der Waals surface area contributed by atoms with E-state index in [2.05, 4.69) is 9.88 Å². The Hall–Kier alpha value is -2.44. The van der Waals surface area contributed by atoms with Crippen LogP contribution in [-0.4, -0.2) is 60.8 Å². The minimum absolute atomic E-state index is 0.0494. The zero-order chi connectivity index (χ0) is 20.3. The van der Waals surface area contributed by atoms with Crippen molar-refractivity contribution >= 4 is 11.6 Å². The number of hydrogen-bond acceptors (Lipinski definition) is 5. The van der Waals surface area contributed by atoms with E-state index in [-0.39, 0.29) is 11.5 Å². The van der Waals surface area contributed by atoms with E-state index in [9.17, 15) is 4.79 Å². The number of anilines is 1. The van der Waals surface area contributed by atoms with Crippen molar-refractivity contribution in [1.82, 2.24) is 9.88 Å². The SMILES string of the molecule is COc1ccnc(CCN2CCC3(CC2)CN(c2ccccc2)C(=O)C(C)O3)c1. The van der Waals surface area contributed by atoms with E-state index in [0.29, 0.717) is 6.54 Å². The predicted molar refractivity (Wildman–Crippen MR) is 112 cm³/mol. The molecule has 2 saturated heterocycles. The normalized spacial score (nSPS) is 22.1. The Labute approximate surface area is 172 Å². The molecule has 1 aromatic heterocycles. The van der Waals surface area contributed by atoms with Crippen LogP contribution < -0.4 is 9.64 Å². The summed E-state index contributed by atoms with van der Waals surface area (Å²) >= 11 is 0. The van der Waals surface area contributed by atoms with Crippen molar-refractivity contribution in [2.24, 2.45) is 0 Å². The molecule has 1 aromatic carbocycles. The Morgan fingerprint density at radius 2 is 1.97 bits per heavy atom. The van der Waals surface area contributed by atoms with Crippen LogP contribution in [-0.2, 0) is 16.0 Å². The standard InChI is InChI=1S/C23H29N3O3/c1-18-22(27)26(20-6-4-3-5-7-20)17-23(29-18)10-14-25(15-11-23)13-9-19-16-21(28-2)8-12-24-19/h3-8,12,16,18H,9-11,13-15,17H2,1-2H3. The van der Waals surface area contributed by atoms with Crippen LogP contribution in [0.1, 0.15) is 25.5 Å². The van der Waals surface area contributed by atoms with Gasteiger partial charge in [0.2, 0.25) is 0 Å². The van der Waals surface area contributed by atoms with Crippen molar-refractivity contribution in [2.45, 2.75) is 37.9 Å². The van der Waals surface area contributed by atoms with Gasteiger partial charge in [-0.15, -0.1) is 0 Å². The summed E-state index contributed by atoms with van der Waals surface area (Å²) in [6, 6.07) is 13.8. The fourth-order valence-electron chi connectivity index (χ4n) is 4.33. The summed E-state index contributed by atoms with van der Waals surface area (Å²) in [6.07, 6.45) is 4.15. The summed E-state index contributed by atoms with van der Waals surface area (Å²) in [6.45, 7) is 5.40. The minimum atomic E-state index is -0.406. The molecule has 0 aliphatic carbocycles. The summed E-state index contributed by atoms with van der Waals surface area (Å²) in [4.78, 5) is 21.5. The van der Waals surface area contributed by atoms with E-state index >= 15 is 0 Å². The summed E-state index contributed by atoms with van der Waals surface area (Å²) in [5, 5.41) is 0. The second kappa shape index (κ2) is 8.51.